The number of hydrogen-bond acceptors (Lipinski definition) is 3. The fourth-order valence-corrected chi connectivity index (χ4v) is 0.914. The second-order valence-corrected chi connectivity index (χ2v) is 2.38. The molecule has 4 nitrogen and oxygen atoms in total. The second kappa shape index (κ2) is 3.39. The number of halogens is 1. The Bertz CT molecular complexity index is 215. The van der Waals surface area contributed by atoms with Crippen LogP contribution >= 0.6 is 11.6 Å². The molecule has 1 aliphatic rings. The van der Waals surface area contributed by atoms with E-state index in [1.807, 2.05) is 0 Å². The summed E-state index contributed by atoms with van der Waals surface area (Å²) < 4.78 is 0. The molecule has 2 N–H and O–H groups in total. The van der Waals surface area contributed by atoms with Crippen molar-refractivity contribution in [3.05, 3.63) is 11.7 Å². The Morgan fingerprint density at radius 2 is 2.36 bits per heavy atom. The zero-order valence-corrected chi connectivity index (χ0v) is 6.39. The summed E-state index contributed by atoms with van der Waals surface area (Å²) in [6, 6.07) is -0.461. The third-order valence-corrected chi connectivity index (χ3v) is 1.46. The van der Waals surface area contributed by atoms with Gasteiger partial charge in [-0.3, -0.25) is 14.9 Å². The molecule has 1 saturated heterocycles. The number of imide groups is 1. The molecule has 0 aromatic rings. The smallest absolute Gasteiger partial charge is 0.249 e. The maximum Gasteiger partial charge on any atom is 0.249 e. The quantitative estimate of drug-likeness (QED) is 0.566. The van der Waals surface area contributed by atoms with Gasteiger partial charge in [0.1, 0.15) is 6.04 Å². The van der Waals surface area contributed by atoms with Crippen LogP contribution in [0.15, 0.2) is 11.7 Å². The molecule has 1 unspecified atom stereocenters. The second-order valence-electron chi connectivity index (χ2n) is 2.13. The number of amides is 2. The van der Waals surface area contributed by atoms with Gasteiger partial charge in [-0.2, -0.15) is 0 Å². The standard InChI is InChI=1S/C6H7ClN2O2/c7-1-2-8-4-3-5(10)9-6(4)11/h1-2,4,8H,3H2,(H,9,10,11). The predicted octanol–water partition coefficient (Wildman–Crippen LogP) is -0.299. The zero-order valence-electron chi connectivity index (χ0n) is 5.63. The highest BCUT2D eigenvalue weighted by Crippen LogP contribution is 2.00. The van der Waals surface area contributed by atoms with E-state index in [0.717, 1.165) is 0 Å². The van der Waals surface area contributed by atoms with Gasteiger partial charge in [-0.15, -0.1) is 0 Å². The summed E-state index contributed by atoms with van der Waals surface area (Å²) >= 11 is 5.20. The van der Waals surface area contributed by atoms with Gasteiger partial charge >= 0.3 is 0 Å². The lowest BCUT2D eigenvalue weighted by atomic mass is 10.2. The van der Waals surface area contributed by atoms with E-state index in [2.05, 4.69) is 10.6 Å². The summed E-state index contributed by atoms with van der Waals surface area (Å²) in [5.41, 5.74) is 1.25. The monoisotopic (exact) mass is 174 g/mol. The summed E-state index contributed by atoms with van der Waals surface area (Å²) in [6.07, 6.45) is 1.60. The van der Waals surface area contributed by atoms with E-state index in [0.29, 0.717) is 0 Å². The third kappa shape index (κ3) is 1.94. The average Bonchev–Trinajstić information content (AvgIpc) is 2.26. The first kappa shape index (κ1) is 8.07. The van der Waals surface area contributed by atoms with Gasteiger partial charge in [-0.05, 0) is 0 Å². The fraction of sp³-hybridized carbons (Fsp3) is 0.333. The Hall–Kier alpha value is -1.03. The maximum atomic E-state index is 10.8. The molecule has 0 saturated carbocycles. The van der Waals surface area contributed by atoms with Crippen LogP contribution in [0.1, 0.15) is 6.42 Å². The van der Waals surface area contributed by atoms with Crippen molar-refractivity contribution in [3.63, 3.8) is 0 Å². The van der Waals surface area contributed by atoms with Gasteiger partial charge in [0.25, 0.3) is 0 Å². The topological polar surface area (TPSA) is 58.2 Å². The minimum Gasteiger partial charge on any atom is -0.379 e. The Balaban J connectivity index is 2.47. The first-order valence-corrected chi connectivity index (χ1v) is 3.52. The number of carbonyl (C=O) groups excluding carboxylic acids is 2. The highest BCUT2D eigenvalue weighted by Gasteiger charge is 2.29. The molecule has 60 valence electrons. The van der Waals surface area contributed by atoms with Crippen molar-refractivity contribution in [2.75, 3.05) is 0 Å². The van der Waals surface area contributed by atoms with Crippen LogP contribution in [0.5, 0.6) is 0 Å². The predicted molar refractivity (Wildman–Crippen MR) is 39.7 cm³/mol. The molecule has 0 spiro atoms. The van der Waals surface area contributed by atoms with Crippen LogP contribution < -0.4 is 10.6 Å². The van der Waals surface area contributed by atoms with Gasteiger partial charge in [-0.25, -0.2) is 0 Å². The van der Waals surface area contributed by atoms with Crippen LogP contribution in [0.3, 0.4) is 0 Å². The van der Waals surface area contributed by atoms with Crippen LogP contribution in [0.25, 0.3) is 0 Å². The highest BCUT2D eigenvalue weighted by molar-refractivity contribution is 6.25. The molecule has 1 fully saturated rings. The lowest BCUT2D eigenvalue weighted by Crippen LogP contribution is -2.32. The Morgan fingerprint density at radius 1 is 1.64 bits per heavy atom. The fourth-order valence-electron chi connectivity index (χ4n) is 0.841. The largest absolute Gasteiger partial charge is 0.379 e. The molecule has 11 heavy (non-hydrogen) atoms. The molecule has 0 bridgehead atoms. The van der Waals surface area contributed by atoms with Gasteiger partial charge in [0, 0.05) is 11.7 Å². The van der Waals surface area contributed by atoms with Crippen LogP contribution in [0.4, 0.5) is 0 Å². The maximum absolute atomic E-state index is 10.8. The number of rotatable bonds is 2. The van der Waals surface area contributed by atoms with Crippen molar-refractivity contribution >= 4 is 23.4 Å². The van der Waals surface area contributed by atoms with E-state index in [-0.39, 0.29) is 18.2 Å². The molecule has 1 rings (SSSR count). The molecule has 0 aromatic carbocycles. The summed E-state index contributed by atoms with van der Waals surface area (Å²) in [4.78, 5) is 21.4. The molecule has 1 heterocycles. The van der Waals surface area contributed by atoms with Crippen LogP contribution in [0.2, 0.25) is 0 Å². The van der Waals surface area contributed by atoms with Crippen molar-refractivity contribution in [1.82, 2.24) is 10.6 Å². The zero-order chi connectivity index (χ0) is 8.27. The number of hydrogen-bond donors (Lipinski definition) is 2. The molecule has 1 atom stereocenters. The lowest BCUT2D eigenvalue weighted by molar-refractivity contribution is -0.125. The molecule has 5 heteroatoms. The van der Waals surface area contributed by atoms with E-state index in [9.17, 15) is 9.59 Å². The summed E-state index contributed by atoms with van der Waals surface area (Å²) in [7, 11) is 0. The van der Waals surface area contributed by atoms with E-state index in [1.54, 1.807) is 0 Å². The van der Waals surface area contributed by atoms with Gasteiger partial charge in [0.2, 0.25) is 11.8 Å². The van der Waals surface area contributed by atoms with Crippen molar-refractivity contribution in [2.24, 2.45) is 0 Å². The van der Waals surface area contributed by atoms with E-state index in [4.69, 9.17) is 11.6 Å². The van der Waals surface area contributed by atoms with Crippen LogP contribution in [0, 0.1) is 0 Å². The highest BCUT2D eigenvalue weighted by atomic mass is 35.5. The van der Waals surface area contributed by atoms with E-state index in [1.165, 1.54) is 11.7 Å². The summed E-state index contributed by atoms with van der Waals surface area (Å²) in [6.45, 7) is 0. The minimum atomic E-state index is -0.461. The van der Waals surface area contributed by atoms with Gasteiger partial charge < -0.3 is 5.32 Å². The average molecular weight is 175 g/mol. The van der Waals surface area contributed by atoms with Crippen LogP contribution in [-0.2, 0) is 9.59 Å². The minimum absolute atomic E-state index is 0.181. The van der Waals surface area contributed by atoms with Crippen molar-refractivity contribution in [3.8, 4) is 0 Å². The Kier molecular flexibility index (Phi) is 2.48. The molecule has 1 aliphatic heterocycles. The normalized spacial score (nSPS) is 24.3. The molecule has 2 amide bonds. The SMILES string of the molecule is O=C1CC(NC=CCl)C(=O)N1. The Morgan fingerprint density at radius 3 is 2.82 bits per heavy atom. The lowest BCUT2D eigenvalue weighted by Gasteiger charge is -2.02. The van der Waals surface area contributed by atoms with Crippen molar-refractivity contribution < 1.29 is 9.59 Å². The first-order chi connectivity index (χ1) is 5.24. The Labute approximate surface area is 68.6 Å². The van der Waals surface area contributed by atoms with Crippen LogP contribution in [-0.4, -0.2) is 17.9 Å². The van der Waals surface area contributed by atoms with E-state index >= 15 is 0 Å². The van der Waals surface area contributed by atoms with E-state index < -0.39 is 6.04 Å². The van der Waals surface area contributed by atoms with Crippen molar-refractivity contribution in [2.45, 2.75) is 12.5 Å². The van der Waals surface area contributed by atoms with Gasteiger partial charge in [-0.1, -0.05) is 11.6 Å². The van der Waals surface area contributed by atoms with Crippen molar-refractivity contribution in [1.29, 1.82) is 0 Å². The number of carbonyl (C=O) groups is 2. The summed E-state index contributed by atoms with van der Waals surface area (Å²) in [5, 5.41) is 4.82. The van der Waals surface area contributed by atoms with Gasteiger partial charge in [0.15, 0.2) is 0 Å². The molecule has 0 aromatic heterocycles. The summed E-state index contributed by atoms with van der Waals surface area (Å²) in [5.74, 6) is -0.555. The number of nitrogens with one attached hydrogen (secondary N) is 2. The molecular weight excluding hydrogens is 168 g/mol. The first-order valence-electron chi connectivity index (χ1n) is 3.09. The molecular formula is C6H7ClN2O2. The molecule has 0 aliphatic carbocycles. The third-order valence-electron chi connectivity index (χ3n) is 1.33. The van der Waals surface area contributed by atoms with Gasteiger partial charge in [0.05, 0.1) is 6.42 Å². The molecule has 0 radical (unpaired) electrons.